The second kappa shape index (κ2) is 4.64. The maximum Gasteiger partial charge on any atom is 0.254 e. The number of anilines is 1. The molecule has 2 rings (SSSR count). The van der Waals surface area contributed by atoms with Crippen molar-refractivity contribution in [1.82, 2.24) is 9.97 Å². The van der Waals surface area contributed by atoms with Gasteiger partial charge in [0.2, 0.25) is 0 Å². The van der Waals surface area contributed by atoms with Crippen molar-refractivity contribution in [3.05, 3.63) is 46.0 Å². The van der Waals surface area contributed by atoms with Crippen molar-refractivity contribution in [3.8, 4) is 11.3 Å². The van der Waals surface area contributed by atoms with Crippen LogP contribution in [0.4, 0.5) is 5.69 Å². The van der Waals surface area contributed by atoms with Gasteiger partial charge >= 0.3 is 0 Å². The van der Waals surface area contributed by atoms with Crippen LogP contribution in [0.15, 0.2) is 29.1 Å². The third-order valence-corrected chi connectivity index (χ3v) is 2.93. The lowest BCUT2D eigenvalue weighted by Crippen LogP contribution is -2.14. The summed E-state index contributed by atoms with van der Waals surface area (Å²) in [6.07, 6.45) is 0. The van der Waals surface area contributed by atoms with Gasteiger partial charge in [-0.05, 0) is 26.0 Å². The Hall–Kier alpha value is -2.10. The Morgan fingerprint density at radius 2 is 1.72 bits per heavy atom. The van der Waals surface area contributed by atoms with Crippen molar-refractivity contribution < 1.29 is 0 Å². The van der Waals surface area contributed by atoms with E-state index in [1.54, 1.807) is 13.8 Å². The average Bonchev–Trinajstić information content (AvgIpc) is 2.34. The minimum atomic E-state index is -0.0748. The minimum absolute atomic E-state index is 0.0748. The molecule has 94 valence electrons. The molecule has 1 N–H and O–H groups in total. The number of hydrogen-bond donors (Lipinski definition) is 1. The van der Waals surface area contributed by atoms with E-state index in [0.29, 0.717) is 11.4 Å². The van der Waals surface area contributed by atoms with E-state index in [4.69, 9.17) is 0 Å². The van der Waals surface area contributed by atoms with Gasteiger partial charge in [-0.15, -0.1) is 0 Å². The molecule has 0 spiro atoms. The fourth-order valence-corrected chi connectivity index (χ4v) is 1.84. The Morgan fingerprint density at radius 3 is 2.28 bits per heavy atom. The van der Waals surface area contributed by atoms with Crippen LogP contribution in [0.25, 0.3) is 11.3 Å². The number of aromatic amines is 1. The summed E-state index contributed by atoms with van der Waals surface area (Å²) in [4.78, 5) is 20.9. The number of rotatable bonds is 2. The van der Waals surface area contributed by atoms with Crippen molar-refractivity contribution in [1.29, 1.82) is 0 Å². The molecule has 0 atom stereocenters. The third-order valence-electron chi connectivity index (χ3n) is 2.93. The lowest BCUT2D eigenvalue weighted by molar-refractivity contribution is 0.999. The standard InChI is InChI=1S/C14H17N3O/c1-9-13(15-10(2)16-14(9)18)11-5-7-12(8-6-11)17(3)4/h5-8H,1-4H3,(H,15,16,18). The molecular formula is C14H17N3O. The van der Waals surface area contributed by atoms with Gasteiger partial charge in [0.15, 0.2) is 0 Å². The summed E-state index contributed by atoms with van der Waals surface area (Å²) in [5, 5.41) is 0. The van der Waals surface area contributed by atoms with Gasteiger partial charge in [0.05, 0.1) is 5.69 Å². The van der Waals surface area contributed by atoms with E-state index in [2.05, 4.69) is 9.97 Å². The van der Waals surface area contributed by atoms with Crippen molar-refractivity contribution >= 4 is 5.69 Å². The molecule has 2 aromatic rings. The molecule has 0 saturated carbocycles. The maximum atomic E-state index is 11.7. The van der Waals surface area contributed by atoms with Crippen LogP contribution in [0.2, 0.25) is 0 Å². The maximum absolute atomic E-state index is 11.7. The largest absolute Gasteiger partial charge is 0.378 e. The summed E-state index contributed by atoms with van der Waals surface area (Å²) >= 11 is 0. The summed E-state index contributed by atoms with van der Waals surface area (Å²) in [5.41, 5.74) is 3.42. The van der Waals surface area contributed by atoms with Gasteiger partial charge in [-0.2, -0.15) is 0 Å². The highest BCUT2D eigenvalue weighted by Gasteiger charge is 2.08. The summed E-state index contributed by atoms with van der Waals surface area (Å²) < 4.78 is 0. The smallest absolute Gasteiger partial charge is 0.254 e. The first-order valence-electron chi connectivity index (χ1n) is 5.84. The quantitative estimate of drug-likeness (QED) is 0.879. The van der Waals surface area contributed by atoms with Gasteiger partial charge in [0.1, 0.15) is 5.82 Å². The predicted molar refractivity (Wildman–Crippen MR) is 74.1 cm³/mol. The van der Waals surface area contributed by atoms with Crippen LogP contribution in [-0.2, 0) is 0 Å². The summed E-state index contributed by atoms with van der Waals surface area (Å²) in [6.45, 7) is 3.58. The summed E-state index contributed by atoms with van der Waals surface area (Å²) in [7, 11) is 3.99. The Bertz CT molecular complexity index is 612. The van der Waals surface area contributed by atoms with Crippen LogP contribution >= 0.6 is 0 Å². The second-order valence-electron chi connectivity index (χ2n) is 4.57. The van der Waals surface area contributed by atoms with E-state index in [9.17, 15) is 4.79 Å². The molecular weight excluding hydrogens is 226 g/mol. The van der Waals surface area contributed by atoms with E-state index in [-0.39, 0.29) is 5.56 Å². The Labute approximate surface area is 106 Å². The highest BCUT2D eigenvalue weighted by Crippen LogP contribution is 2.21. The zero-order chi connectivity index (χ0) is 13.3. The topological polar surface area (TPSA) is 49.0 Å². The monoisotopic (exact) mass is 243 g/mol. The number of hydrogen-bond acceptors (Lipinski definition) is 3. The average molecular weight is 243 g/mol. The first-order valence-corrected chi connectivity index (χ1v) is 5.84. The van der Waals surface area contributed by atoms with E-state index in [0.717, 1.165) is 16.9 Å². The van der Waals surface area contributed by atoms with Crippen LogP contribution in [0.3, 0.4) is 0 Å². The molecule has 0 aliphatic carbocycles. The molecule has 0 fully saturated rings. The van der Waals surface area contributed by atoms with Gasteiger partial charge in [-0.25, -0.2) is 4.98 Å². The highest BCUT2D eigenvalue weighted by molar-refractivity contribution is 5.65. The Balaban J connectivity index is 2.52. The molecule has 18 heavy (non-hydrogen) atoms. The van der Waals surface area contributed by atoms with E-state index in [1.807, 2.05) is 43.3 Å². The highest BCUT2D eigenvalue weighted by atomic mass is 16.1. The van der Waals surface area contributed by atoms with Crippen LogP contribution in [-0.4, -0.2) is 24.1 Å². The van der Waals surface area contributed by atoms with Gasteiger partial charge in [-0.1, -0.05) is 12.1 Å². The van der Waals surface area contributed by atoms with Crippen molar-refractivity contribution in [2.75, 3.05) is 19.0 Å². The fourth-order valence-electron chi connectivity index (χ4n) is 1.84. The van der Waals surface area contributed by atoms with Crippen molar-refractivity contribution in [2.45, 2.75) is 13.8 Å². The van der Waals surface area contributed by atoms with Gasteiger partial charge in [-0.3, -0.25) is 4.79 Å². The molecule has 0 unspecified atom stereocenters. The van der Waals surface area contributed by atoms with Crippen molar-refractivity contribution in [2.24, 2.45) is 0 Å². The zero-order valence-electron chi connectivity index (χ0n) is 11.1. The van der Waals surface area contributed by atoms with Crippen molar-refractivity contribution in [3.63, 3.8) is 0 Å². The molecule has 4 heteroatoms. The summed E-state index contributed by atoms with van der Waals surface area (Å²) in [5.74, 6) is 0.636. The van der Waals surface area contributed by atoms with Gasteiger partial charge in [0.25, 0.3) is 5.56 Å². The minimum Gasteiger partial charge on any atom is -0.378 e. The number of nitrogens with one attached hydrogen (secondary N) is 1. The first kappa shape index (κ1) is 12.4. The zero-order valence-corrected chi connectivity index (χ0v) is 11.1. The predicted octanol–water partition coefficient (Wildman–Crippen LogP) is 2.12. The Kier molecular flexibility index (Phi) is 3.19. The molecule has 1 aromatic heterocycles. The number of nitrogens with zero attached hydrogens (tertiary/aromatic N) is 2. The number of aromatic nitrogens is 2. The Morgan fingerprint density at radius 1 is 1.11 bits per heavy atom. The second-order valence-corrected chi connectivity index (χ2v) is 4.57. The van der Waals surface area contributed by atoms with Gasteiger partial charge < -0.3 is 9.88 Å². The lowest BCUT2D eigenvalue weighted by Gasteiger charge is -2.13. The third kappa shape index (κ3) is 2.27. The molecule has 0 aliphatic heterocycles. The molecule has 0 amide bonds. The summed E-state index contributed by atoms with van der Waals surface area (Å²) in [6, 6.07) is 8.02. The first-order chi connectivity index (χ1) is 8.49. The SMILES string of the molecule is Cc1nc(-c2ccc(N(C)C)cc2)c(C)c(=O)[nH]1. The van der Waals surface area contributed by atoms with Crippen LogP contribution in [0, 0.1) is 13.8 Å². The number of benzene rings is 1. The number of aryl methyl sites for hydroxylation is 1. The van der Waals surface area contributed by atoms with E-state index >= 15 is 0 Å². The normalized spacial score (nSPS) is 10.4. The van der Waals surface area contributed by atoms with E-state index < -0.39 is 0 Å². The molecule has 0 radical (unpaired) electrons. The van der Waals surface area contributed by atoms with Crippen LogP contribution in [0.1, 0.15) is 11.4 Å². The molecule has 0 bridgehead atoms. The van der Waals surface area contributed by atoms with Gasteiger partial charge in [0, 0.05) is 30.9 Å². The number of H-pyrrole nitrogens is 1. The van der Waals surface area contributed by atoms with E-state index in [1.165, 1.54) is 0 Å². The fraction of sp³-hybridized carbons (Fsp3) is 0.286. The molecule has 4 nitrogen and oxygen atoms in total. The van der Waals surface area contributed by atoms with Crippen LogP contribution in [0.5, 0.6) is 0 Å². The molecule has 1 aromatic carbocycles. The lowest BCUT2D eigenvalue weighted by atomic mass is 10.1. The van der Waals surface area contributed by atoms with Crippen LogP contribution < -0.4 is 10.5 Å². The molecule has 0 saturated heterocycles. The molecule has 0 aliphatic rings. The molecule has 1 heterocycles.